The number of pyridine rings is 1. The summed E-state index contributed by atoms with van der Waals surface area (Å²) >= 11 is 0. The van der Waals surface area contributed by atoms with Crippen LogP contribution in [0.15, 0.2) is 47.4 Å². The molecule has 1 aromatic heterocycles. The summed E-state index contributed by atoms with van der Waals surface area (Å²) in [5.74, 6) is -0.0330. The fourth-order valence-electron chi connectivity index (χ4n) is 4.23. The number of nitrogens with one attached hydrogen (secondary N) is 1. The van der Waals surface area contributed by atoms with E-state index in [2.05, 4.69) is 17.4 Å². The molecule has 2 amide bonds. The zero-order valence-electron chi connectivity index (χ0n) is 18.5. The minimum atomic E-state index is -0.254. The molecule has 0 aliphatic carbocycles. The molecular weight excluding hydrogens is 394 g/mol. The Kier molecular flexibility index (Phi) is 7.63. The number of benzene rings is 1. The van der Waals surface area contributed by atoms with Gasteiger partial charge in [-0.15, -0.1) is 0 Å². The van der Waals surface area contributed by atoms with Gasteiger partial charge in [-0.3, -0.25) is 14.4 Å². The average molecular weight is 426 g/mol. The molecule has 1 aromatic carbocycles. The maximum atomic E-state index is 13.5. The third kappa shape index (κ3) is 5.61. The Morgan fingerprint density at radius 1 is 1.23 bits per heavy atom. The molecule has 7 nitrogen and oxygen atoms in total. The summed E-state index contributed by atoms with van der Waals surface area (Å²) in [4.78, 5) is 39.4. The van der Waals surface area contributed by atoms with Crippen molar-refractivity contribution in [2.24, 2.45) is 13.0 Å². The van der Waals surface area contributed by atoms with Gasteiger partial charge < -0.3 is 19.5 Å². The van der Waals surface area contributed by atoms with Crippen LogP contribution in [0.1, 0.15) is 40.2 Å². The summed E-state index contributed by atoms with van der Waals surface area (Å²) in [5, 5.41) is 2.62. The van der Waals surface area contributed by atoms with Gasteiger partial charge in [-0.25, -0.2) is 0 Å². The number of aromatic nitrogens is 1. The number of nitrogens with zero attached hydrogens (tertiary/aromatic N) is 2. The van der Waals surface area contributed by atoms with Crippen LogP contribution in [-0.2, 0) is 16.6 Å². The highest BCUT2D eigenvalue weighted by molar-refractivity contribution is 5.96. The number of carbonyl (C=O) groups is 2. The molecule has 1 unspecified atom stereocenters. The number of hydrogen-bond acceptors (Lipinski definition) is 4. The van der Waals surface area contributed by atoms with Gasteiger partial charge in [0, 0.05) is 51.5 Å². The van der Waals surface area contributed by atoms with E-state index in [4.69, 9.17) is 4.74 Å². The van der Waals surface area contributed by atoms with E-state index >= 15 is 0 Å². The highest BCUT2D eigenvalue weighted by atomic mass is 16.5. The van der Waals surface area contributed by atoms with Crippen molar-refractivity contribution in [3.05, 3.63) is 69.6 Å². The third-order valence-electron chi connectivity index (χ3n) is 5.99. The monoisotopic (exact) mass is 425 g/mol. The second-order valence-electron chi connectivity index (χ2n) is 8.15. The highest BCUT2D eigenvalue weighted by Crippen LogP contribution is 2.33. The molecule has 0 saturated carbocycles. The van der Waals surface area contributed by atoms with Crippen LogP contribution in [0.3, 0.4) is 0 Å². The molecule has 166 valence electrons. The molecule has 1 aliphatic rings. The van der Waals surface area contributed by atoms with Crippen LogP contribution in [0.25, 0.3) is 0 Å². The van der Waals surface area contributed by atoms with Gasteiger partial charge in [-0.2, -0.15) is 0 Å². The number of likely N-dealkylation sites (N-methyl/N-ethyl adjacent to an activating group) is 1. The van der Waals surface area contributed by atoms with E-state index in [1.54, 1.807) is 38.2 Å². The lowest BCUT2D eigenvalue weighted by atomic mass is 9.81. The van der Waals surface area contributed by atoms with Gasteiger partial charge >= 0.3 is 0 Å². The van der Waals surface area contributed by atoms with E-state index in [-0.39, 0.29) is 29.8 Å². The second kappa shape index (κ2) is 10.4. The van der Waals surface area contributed by atoms with Crippen molar-refractivity contribution in [3.8, 4) is 0 Å². The highest BCUT2D eigenvalue weighted by Gasteiger charge is 2.30. The molecule has 1 atom stereocenters. The Labute approximate surface area is 183 Å². The predicted octanol–water partition coefficient (Wildman–Crippen LogP) is 2.09. The Hall–Kier alpha value is -2.93. The van der Waals surface area contributed by atoms with E-state index in [1.165, 1.54) is 4.57 Å². The van der Waals surface area contributed by atoms with Gasteiger partial charge in [0.15, 0.2) is 0 Å². The lowest BCUT2D eigenvalue weighted by molar-refractivity contribution is -0.121. The molecule has 0 radical (unpaired) electrons. The van der Waals surface area contributed by atoms with E-state index in [0.29, 0.717) is 36.8 Å². The fraction of sp³-hybridized carbons (Fsp3) is 0.458. The average Bonchev–Trinajstić information content (AvgIpc) is 2.80. The molecule has 1 aliphatic heterocycles. The van der Waals surface area contributed by atoms with Crippen LogP contribution >= 0.6 is 0 Å². The summed E-state index contributed by atoms with van der Waals surface area (Å²) in [6.45, 7) is 3.48. The summed E-state index contributed by atoms with van der Waals surface area (Å²) in [6, 6.07) is 11.8. The van der Waals surface area contributed by atoms with Crippen molar-refractivity contribution in [1.29, 1.82) is 0 Å². The molecule has 1 saturated heterocycles. The first-order chi connectivity index (χ1) is 14.9. The first-order valence-electron chi connectivity index (χ1n) is 10.7. The summed E-state index contributed by atoms with van der Waals surface area (Å²) in [5.41, 5.74) is 1.92. The van der Waals surface area contributed by atoms with E-state index < -0.39 is 0 Å². The van der Waals surface area contributed by atoms with Crippen LogP contribution in [0.4, 0.5) is 0 Å². The molecule has 31 heavy (non-hydrogen) atoms. The molecule has 1 N–H and O–H groups in total. The Morgan fingerprint density at radius 3 is 2.52 bits per heavy atom. The lowest BCUT2D eigenvalue weighted by Crippen LogP contribution is -2.43. The Morgan fingerprint density at radius 2 is 1.90 bits per heavy atom. The maximum absolute atomic E-state index is 13.5. The number of hydrogen-bond donors (Lipinski definition) is 1. The molecule has 0 spiro atoms. The lowest BCUT2D eigenvalue weighted by Gasteiger charge is -2.34. The number of carbonyl (C=O) groups excluding carboxylic acids is 2. The minimum Gasteiger partial charge on any atom is -0.381 e. The Balaban J connectivity index is 1.94. The summed E-state index contributed by atoms with van der Waals surface area (Å²) < 4.78 is 6.96. The maximum Gasteiger partial charge on any atom is 0.255 e. The van der Waals surface area contributed by atoms with Crippen molar-refractivity contribution < 1.29 is 14.3 Å². The smallest absolute Gasteiger partial charge is 0.255 e. The summed E-state index contributed by atoms with van der Waals surface area (Å²) in [7, 11) is 3.19. The van der Waals surface area contributed by atoms with E-state index in [0.717, 1.165) is 18.4 Å². The molecule has 2 aromatic rings. The van der Waals surface area contributed by atoms with Crippen LogP contribution in [0.2, 0.25) is 0 Å². The SMILES string of the molecule is CNC(=O)CN(CC(c1ccccc1)C1CCOCC1)C(=O)c1cc(C)c(=O)n(C)c1. The molecule has 3 rings (SSSR count). The first kappa shape index (κ1) is 22.7. The van der Waals surface area contributed by atoms with Crippen molar-refractivity contribution in [2.45, 2.75) is 25.7 Å². The molecule has 1 fully saturated rings. The summed E-state index contributed by atoms with van der Waals surface area (Å²) in [6.07, 6.45) is 3.38. The van der Waals surface area contributed by atoms with E-state index in [1.807, 2.05) is 18.2 Å². The normalized spacial score (nSPS) is 15.3. The van der Waals surface area contributed by atoms with Gasteiger partial charge in [0.2, 0.25) is 5.91 Å². The zero-order chi connectivity index (χ0) is 22.4. The standard InChI is InChI=1S/C24H31N3O4/c1-17-13-20(14-26(3)23(17)29)24(30)27(16-22(28)25-2)15-21(18-7-5-4-6-8-18)19-9-11-31-12-10-19/h4-8,13-14,19,21H,9-12,15-16H2,1-3H3,(H,25,28). The Bertz CT molecular complexity index is 938. The van der Waals surface area contributed by atoms with Gasteiger partial charge in [0.1, 0.15) is 0 Å². The van der Waals surface area contributed by atoms with Gasteiger partial charge in [0.05, 0.1) is 12.1 Å². The quantitative estimate of drug-likeness (QED) is 0.737. The van der Waals surface area contributed by atoms with Crippen LogP contribution in [0, 0.1) is 12.8 Å². The second-order valence-corrected chi connectivity index (χ2v) is 8.15. The van der Waals surface area contributed by atoms with Crippen molar-refractivity contribution in [1.82, 2.24) is 14.8 Å². The molecule has 0 bridgehead atoms. The van der Waals surface area contributed by atoms with Gasteiger partial charge in [-0.05, 0) is 37.3 Å². The van der Waals surface area contributed by atoms with E-state index in [9.17, 15) is 14.4 Å². The third-order valence-corrected chi connectivity index (χ3v) is 5.99. The van der Waals surface area contributed by atoms with Gasteiger partial charge in [0.25, 0.3) is 11.5 Å². The van der Waals surface area contributed by atoms with Crippen molar-refractivity contribution in [3.63, 3.8) is 0 Å². The molecular formula is C24H31N3O4. The number of amides is 2. The van der Waals surface area contributed by atoms with Crippen LogP contribution in [-0.4, -0.2) is 54.6 Å². The predicted molar refractivity (Wildman–Crippen MR) is 119 cm³/mol. The first-order valence-corrected chi connectivity index (χ1v) is 10.7. The van der Waals surface area contributed by atoms with Crippen LogP contribution in [0.5, 0.6) is 0 Å². The fourth-order valence-corrected chi connectivity index (χ4v) is 4.23. The molecule has 7 heteroatoms. The largest absolute Gasteiger partial charge is 0.381 e. The van der Waals surface area contributed by atoms with Crippen LogP contribution < -0.4 is 10.9 Å². The zero-order valence-corrected chi connectivity index (χ0v) is 18.5. The van der Waals surface area contributed by atoms with Gasteiger partial charge in [-0.1, -0.05) is 30.3 Å². The van der Waals surface area contributed by atoms with Crippen molar-refractivity contribution >= 4 is 11.8 Å². The minimum absolute atomic E-state index is 0.0379. The number of aryl methyl sites for hydroxylation is 2. The number of rotatable bonds is 7. The van der Waals surface area contributed by atoms with Crippen molar-refractivity contribution in [2.75, 3.05) is 33.4 Å². The topological polar surface area (TPSA) is 80.6 Å². The number of ether oxygens (including phenoxy) is 1. The molecule has 2 heterocycles.